The molecule has 1 saturated heterocycles. The van der Waals surface area contributed by atoms with Gasteiger partial charge in [-0.3, -0.25) is 14.6 Å². The smallest absolute Gasteiger partial charge is 0.268 e. The van der Waals surface area contributed by atoms with Gasteiger partial charge in [0, 0.05) is 18.0 Å². The highest BCUT2D eigenvalue weighted by atomic mass is 19.3. The molecule has 1 aliphatic heterocycles. The highest BCUT2D eigenvalue weighted by molar-refractivity contribution is 6.07. The zero-order chi connectivity index (χ0) is 24.3. The lowest BCUT2D eigenvalue weighted by Gasteiger charge is -2.22. The number of carbonyl (C=O) groups is 2. The van der Waals surface area contributed by atoms with E-state index in [1.807, 2.05) is 24.3 Å². The summed E-state index contributed by atoms with van der Waals surface area (Å²) in [6, 6.07) is 7.62. The minimum absolute atomic E-state index is 0.211. The number of nitrogens with zero attached hydrogens (tertiary/aromatic N) is 3. The van der Waals surface area contributed by atoms with Crippen molar-refractivity contribution in [3.05, 3.63) is 47.7 Å². The monoisotopic (exact) mass is 468 g/mol. The second-order valence-corrected chi connectivity index (χ2v) is 8.97. The molecule has 0 spiro atoms. The zero-order valence-electron chi connectivity index (χ0n) is 18.6. The number of pyridine rings is 1. The number of rotatable bonds is 5. The van der Waals surface area contributed by atoms with E-state index in [0.29, 0.717) is 22.4 Å². The summed E-state index contributed by atoms with van der Waals surface area (Å²) in [6.07, 6.45) is 8.17. The molecule has 1 unspecified atom stereocenters. The number of nitriles is 1. The van der Waals surface area contributed by atoms with Crippen molar-refractivity contribution < 1.29 is 23.5 Å². The van der Waals surface area contributed by atoms with Gasteiger partial charge in [0.25, 0.3) is 11.8 Å². The number of allylic oxidation sites excluding steroid dienone is 1. The van der Waals surface area contributed by atoms with E-state index in [1.165, 1.54) is 6.20 Å². The number of nitrogens with one attached hydrogen (secondary N) is 1. The fraction of sp³-hybridized carbons (Fsp3) is 0.440. The number of fused-ring (bicyclic) bond motifs is 1. The Kier molecular flexibility index (Phi) is 6.89. The summed E-state index contributed by atoms with van der Waals surface area (Å²) in [5.41, 5.74) is 1.82. The highest BCUT2D eigenvalue weighted by Crippen LogP contribution is 2.31. The van der Waals surface area contributed by atoms with Crippen molar-refractivity contribution in [2.24, 2.45) is 5.92 Å². The summed E-state index contributed by atoms with van der Waals surface area (Å²) in [7, 11) is 0. The number of likely N-dealkylation sites (tertiary alicyclic amines) is 1. The quantitative estimate of drug-likeness (QED) is 0.701. The van der Waals surface area contributed by atoms with Crippen LogP contribution >= 0.6 is 0 Å². The summed E-state index contributed by atoms with van der Waals surface area (Å²) < 4.78 is 27.2. The summed E-state index contributed by atoms with van der Waals surface area (Å²) >= 11 is 0. The second-order valence-electron chi connectivity index (χ2n) is 8.97. The molecule has 1 atom stereocenters. The predicted octanol–water partition coefficient (Wildman–Crippen LogP) is 3.29. The van der Waals surface area contributed by atoms with Crippen LogP contribution in [0.2, 0.25) is 0 Å². The molecular formula is C25H26F2N4O3. The van der Waals surface area contributed by atoms with Gasteiger partial charge < -0.3 is 15.3 Å². The normalized spacial score (nSPS) is 24.3. The number of carbonyl (C=O) groups excluding carboxylic acids is 2. The molecule has 7 nitrogen and oxygen atoms in total. The first-order valence-corrected chi connectivity index (χ1v) is 11.4. The fourth-order valence-corrected chi connectivity index (χ4v) is 4.55. The Morgan fingerprint density at radius 3 is 2.76 bits per heavy atom. The molecule has 2 heterocycles. The van der Waals surface area contributed by atoms with E-state index in [4.69, 9.17) is 5.26 Å². The molecule has 0 bridgehead atoms. The van der Waals surface area contributed by atoms with Crippen molar-refractivity contribution in [1.29, 1.82) is 5.26 Å². The molecule has 34 heavy (non-hydrogen) atoms. The van der Waals surface area contributed by atoms with Gasteiger partial charge in [0.15, 0.2) is 0 Å². The zero-order valence-corrected chi connectivity index (χ0v) is 18.6. The van der Waals surface area contributed by atoms with Crippen molar-refractivity contribution >= 4 is 28.8 Å². The first-order chi connectivity index (χ1) is 16.3. The number of aliphatic hydroxyl groups is 1. The Bertz CT molecular complexity index is 1150. The average Bonchev–Trinajstić information content (AvgIpc) is 3.16. The largest absolute Gasteiger partial charge is 0.393 e. The Morgan fingerprint density at radius 1 is 1.26 bits per heavy atom. The third-order valence-corrected chi connectivity index (χ3v) is 6.45. The van der Waals surface area contributed by atoms with Gasteiger partial charge in [-0.25, -0.2) is 8.78 Å². The van der Waals surface area contributed by atoms with Crippen LogP contribution in [0.5, 0.6) is 0 Å². The standard InChI is InChI=1S/C25H26F2N4O3/c26-25(27)12-18(13-28)31(15-25)23(33)14-30-24(34)20-9-10-29-22-8-5-17(11-21(20)22)2-1-16-3-6-19(32)7-4-16/h1-2,5,8-11,16,18-19,32H,3-4,6-7,12,14-15H2,(H,30,34)/b2-1+. The van der Waals surface area contributed by atoms with Gasteiger partial charge in [-0.05, 0) is 55.4 Å². The minimum Gasteiger partial charge on any atom is -0.393 e. The van der Waals surface area contributed by atoms with Crippen LogP contribution in [0.4, 0.5) is 8.78 Å². The molecule has 0 radical (unpaired) electrons. The third kappa shape index (κ3) is 5.39. The molecule has 2 aromatic rings. The number of aliphatic hydroxyl groups excluding tert-OH is 1. The maximum atomic E-state index is 13.6. The van der Waals surface area contributed by atoms with Gasteiger partial charge in [0.2, 0.25) is 5.91 Å². The second kappa shape index (κ2) is 9.85. The van der Waals surface area contributed by atoms with E-state index in [2.05, 4.69) is 16.4 Å². The molecule has 2 aliphatic rings. The van der Waals surface area contributed by atoms with Gasteiger partial charge >= 0.3 is 0 Å². The number of aromatic nitrogens is 1. The number of alkyl halides is 2. The lowest BCUT2D eigenvalue weighted by molar-refractivity contribution is -0.131. The highest BCUT2D eigenvalue weighted by Gasteiger charge is 2.47. The molecule has 1 saturated carbocycles. The number of hydrogen-bond donors (Lipinski definition) is 2. The number of benzene rings is 1. The summed E-state index contributed by atoms with van der Waals surface area (Å²) in [4.78, 5) is 30.4. The SMILES string of the molecule is N#CC1CC(F)(F)CN1C(=O)CNC(=O)c1ccnc2ccc(/C=C/C3CCC(O)CC3)cc12. The molecule has 1 aliphatic carbocycles. The van der Waals surface area contributed by atoms with E-state index in [0.717, 1.165) is 36.1 Å². The van der Waals surface area contributed by atoms with Gasteiger partial charge in [-0.1, -0.05) is 18.2 Å². The Balaban J connectivity index is 1.45. The van der Waals surface area contributed by atoms with Crippen molar-refractivity contribution in [3.8, 4) is 6.07 Å². The Hall–Kier alpha value is -3.38. The molecule has 4 rings (SSSR count). The number of amides is 2. The van der Waals surface area contributed by atoms with E-state index in [1.54, 1.807) is 12.1 Å². The molecule has 2 fully saturated rings. The molecule has 2 amide bonds. The average molecular weight is 469 g/mol. The summed E-state index contributed by atoms with van der Waals surface area (Å²) in [5.74, 6) is -3.96. The number of halogens is 2. The first-order valence-electron chi connectivity index (χ1n) is 11.4. The van der Waals surface area contributed by atoms with Gasteiger partial charge in [-0.15, -0.1) is 0 Å². The van der Waals surface area contributed by atoms with E-state index >= 15 is 0 Å². The molecule has 1 aromatic carbocycles. The van der Waals surface area contributed by atoms with Crippen LogP contribution in [-0.2, 0) is 4.79 Å². The van der Waals surface area contributed by atoms with Crippen LogP contribution in [0.15, 0.2) is 36.5 Å². The summed E-state index contributed by atoms with van der Waals surface area (Å²) in [6.45, 7) is -1.31. The number of hydrogen-bond acceptors (Lipinski definition) is 5. The van der Waals surface area contributed by atoms with Gasteiger partial charge in [-0.2, -0.15) is 5.26 Å². The molecular weight excluding hydrogens is 442 g/mol. The van der Waals surface area contributed by atoms with Crippen LogP contribution < -0.4 is 5.32 Å². The van der Waals surface area contributed by atoms with E-state index in [-0.39, 0.29) is 6.10 Å². The van der Waals surface area contributed by atoms with Crippen molar-refractivity contribution in [2.75, 3.05) is 13.1 Å². The van der Waals surface area contributed by atoms with Crippen LogP contribution in [0.25, 0.3) is 17.0 Å². The van der Waals surface area contributed by atoms with Crippen molar-refractivity contribution in [2.45, 2.75) is 50.2 Å². The topological polar surface area (TPSA) is 106 Å². The maximum Gasteiger partial charge on any atom is 0.268 e. The van der Waals surface area contributed by atoms with Crippen LogP contribution in [0, 0.1) is 17.2 Å². The lowest BCUT2D eigenvalue weighted by atomic mass is 9.87. The van der Waals surface area contributed by atoms with Crippen LogP contribution in [0.3, 0.4) is 0 Å². The van der Waals surface area contributed by atoms with Gasteiger partial charge in [0.05, 0.1) is 36.3 Å². The molecule has 9 heteroatoms. The Labute approximate surface area is 196 Å². The Morgan fingerprint density at radius 2 is 2.03 bits per heavy atom. The molecule has 2 N–H and O–H groups in total. The predicted molar refractivity (Wildman–Crippen MR) is 122 cm³/mol. The molecule has 178 valence electrons. The van der Waals surface area contributed by atoms with E-state index in [9.17, 15) is 23.5 Å². The first kappa shape index (κ1) is 23.8. The fourth-order valence-electron chi connectivity index (χ4n) is 4.55. The summed E-state index contributed by atoms with van der Waals surface area (Å²) in [5, 5.41) is 21.8. The van der Waals surface area contributed by atoms with Gasteiger partial charge in [0.1, 0.15) is 6.04 Å². The van der Waals surface area contributed by atoms with E-state index < -0.39 is 43.3 Å². The third-order valence-electron chi connectivity index (χ3n) is 6.45. The lowest BCUT2D eigenvalue weighted by Crippen LogP contribution is -2.43. The molecule has 1 aromatic heterocycles. The van der Waals surface area contributed by atoms with Crippen LogP contribution in [-0.4, -0.2) is 58.0 Å². The minimum atomic E-state index is -3.11. The van der Waals surface area contributed by atoms with Crippen LogP contribution in [0.1, 0.15) is 48.0 Å². The maximum absolute atomic E-state index is 13.6. The van der Waals surface area contributed by atoms with Crippen molar-refractivity contribution in [1.82, 2.24) is 15.2 Å². The van der Waals surface area contributed by atoms with Crippen molar-refractivity contribution in [3.63, 3.8) is 0 Å².